The maximum absolute atomic E-state index is 11.9. The third kappa shape index (κ3) is 3.64. The van der Waals surface area contributed by atoms with Crippen molar-refractivity contribution in [2.24, 2.45) is 0 Å². The lowest BCUT2D eigenvalue weighted by molar-refractivity contribution is -0.116. The normalized spacial score (nSPS) is 10.4. The van der Waals surface area contributed by atoms with Gasteiger partial charge in [-0.05, 0) is 24.3 Å². The predicted octanol–water partition coefficient (Wildman–Crippen LogP) is 4.52. The van der Waals surface area contributed by atoms with Crippen molar-refractivity contribution < 1.29 is 9.21 Å². The number of aryl methyl sites for hydroxylation is 1. The van der Waals surface area contributed by atoms with E-state index in [1.54, 1.807) is 0 Å². The maximum atomic E-state index is 11.9. The minimum atomic E-state index is -0.0103. The molecule has 0 aliphatic rings. The van der Waals surface area contributed by atoms with Gasteiger partial charge in [-0.25, -0.2) is 0 Å². The largest absolute Gasteiger partial charge is 0.461 e. The van der Waals surface area contributed by atoms with E-state index >= 15 is 0 Å². The van der Waals surface area contributed by atoms with Gasteiger partial charge in [-0.15, -0.1) is 0 Å². The topological polar surface area (TPSA) is 42.2 Å². The minimum absolute atomic E-state index is 0.0103. The number of carbonyl (C=O) groups excluding carboxylic acids is 1. The molecule has 3 aromatic rings. The Morgan fingerprint density at radius 2 is 1.55 bits per heavy atom. The molecule has 0 atom stereocenters. The van der Waals surface area contributed by atoms with Crippen LogP contribution in [0.1, 0.15) is 12.2 Å². The van der Waals surface area contributed by atoms with Crippen LogP contribution in [0.25, 0.3) is 11.3 Å². The van der Waals surface area contributed by atoms with Crippen molar-refractivity contribution in [2.45, 2.75) is 12.8 Å². The second-order valence-electron chi connectivity index (χ2n) is 5.05. The molecule has 1 amide bonds. The molecule has 0 spiro atoms. The number of hydrogen-bond donors (Lipinski definition) is 1. The number of nitrogens with one attached hydrogen (secondary N) is 1. The zero-order valence-corrected chi connectivity index (χ0v) is 12.2. The van der Waals surface area contributed by atoms with Crippen molar-refractivity contribution in [3.63, 3.8) is 0 Å². The van der Waals surface area contributed by atoms with Crippen LogP contribution in [0.15, 0.2) is 77.2 Å². The Hall–Kier alpha value is -2.81. The molecule has 0 saturated carbocycles. The molecule has 1 N–H and O–H groups in total. The molecule has 0 saturated heterocycles. The van der Waals surface area contributed by atoms with E-state index in [-0.39, 0.29) is 5.91 Å². The first-order valence-corrected chi connectivity index (χ1v) is 7.30. The van der Waals surface area contributed by atoms with Crippen LogP contribution >= 0.6 is 0 Å². The fourth-order valence-electron chi connectivity index (χ4n) is 2.25. The average molecular weight is 291 g/mol. The first kappa shape index (κ1) is 14.1. The molecule has 3 rings (SSSR count). The zero-order chi connectivity index (χ0) is 15.2. The summed E-state index contributed by atoms with van der Waals surface area (Å²) >= 11 is 0. The molecular formula is C19H17NO2. The fraction of sp³-hybridized carbons (Fsp3) is 0.105. The summed E-state index contributed by atoms with van der Waals surface area (Å²) < 4.78 is 5.79. The van der Waals surface area contributed by atoms with E-state index in [1.807, 2.05) is 72.8 Å². The van der Waals surface area contributed by atoms with Crippen molar-refractivity contribution in [1.29, 1.82) is 0 Å². The van der Waals surface area contributed by atoms with Crippen LogP contribution < -0.4 is 5.32 Å². The maximum Gasteiger partial charge on any atom is 0.224 e. The van der Waals surface area contributed by atoms with Gasteiger partial charge in [0, 0.05) is 24.1 Å². The van der Waals surface area contributed by atoms with Crippen LogP contribution in [0.2, 0.25) is 0 Å². The van der Waals surface area contributed by atoms with Crippen LogP contribution in [-0.4, -0.2) is 5.91 Å². The Balaban J connectivity index is 1.56. The first-order chi connectivity index (χ1) is 10.8. The summed E-state index contributed by atoms with van der Waals surface area (Å²) in [5, 5.41) is 2.87. The Bertz CT molecular complexity index is 732. The quantitative estimate of drug-likeness (QED) is 0.751. The summed E-state index contributed by atoms with van der Waals surface area (Å²) in [6, 6.07) is 23.3. The molecule has 0 aliphatic heterocycles. The van der Waals surface area contributed by atoms with Crippen LogP contribution in [0.5, 0.6) is 0 Å². The summed E-state index contributed by atoms with van der Waals surface area (Å²) in [6.45, 7) is 0. The second-order valence-corrected chi connectivity index (χ2v) is 5.05. The molecular weight excluding hydrogens is 274 g/mol. The molecule has 0 radical (unpaired) electrons. The number of hydrogen-bond acceptors (Lipinski definition) is 2. The van der Waals surface area contributed by atoms with E-state index in [4.69, 9.17) is 4.42 Å². The Morgan fingerprint density at radius 3 is 2.27 bits per heavy atom. The molecule has 0 fully saturated rings. The minimum Gasteiger partial charge on any atom is -0.461 e. The number of anilines is 1. The van der Waals surface area contributed by atoms with Gasteiger partial charge < -0.3 is 9.73 Å². The van der Waals surface area contributed by atoms with Crippen molar-refractivity contribution in [3.8, 4) is 11.3 Å². The van der Waals surface area contributed by atoms with Gasteiger partial charge in [-0.3, -0.25) is 4.79 Å². The van der Waals surface area contributed by atoms with Crippen LogP contribution in [0.3, 0.4) is 0 Å². The summed E-state index contributed by atoms with van der Waals surface area (Å²) in [6.07, 6.45) is 0.988. The van der Waals surface area contributed by atoms with E-state index in [9.17, 15) is 4.79 Å². The highest BCUT2D eigenvalue weighted by atomic mass is 16.3. The van der Waals surface area contributed by atoms with Gasteiger partial charge in [0.2, 0.25) is 5.91 Å². The summed E-state index contributed by atoms with van der Waals surface area (Å²) in [5.41, 5.74) is 1.86. The highest BCUT2D eigenvalue weighted by Gasteiger charge is 2.07. The van der Waals surface area contributed by atoms with Gasteiger partial charge in [-0.2, -0.15) is 0 Å². The van der Waals surface area contributed by atoms with E-state index in [0.717, 1.165) is 22.8 Å². The Kier molecular flexibility index (Phi) is 4.35. The lowest BCUT2D eigenvalue weighted by atomic mass is 10.2. The molecule has 0 aliphatic carbocycles. The van der Waals surface area contributed by atoms with Crippen LogP contribution in [0.4, 0.5) is 5.69 Å². The highest BCUT2D eigenvalue weighted by molar-refractivity contribution is 5.90. The summed E-state index contributed by atoms with van der Waals surface area (Å²) in [5.74, 6) is 1.64. The number of para-hydroxylation sites is 1. The second kappa shape index (κ2) is 6.76. The lowest BCUT2D eigenvalue weighted by Crippen LogP contribution is -2.11. The van der Waals surface area contributed by atoms with Gasteiger partial charge >= 0.3 is 0 Å². The SMILES string of the molecule is O=C(CCc1ccc(-c2ccccc2)o1)Nc1ccccc1. The molecule has 0 unspecified atom stereocenters. The summed E-state index contributed by atoms with van der Waals surface area (Å²) in [7, 11) is 0. The number of amides is 1. The van der Waals surface area contributed by atoms with Crippen molar-refractivity contribution in [1.82, 2.24) is 0 Å². The summed E-state index contributed by atoms with van der Waals surface area (Å²) in [4.78, 5) is 11.9. The average Bonchev–Trinajstić information content (AvgIpc) is 3.04. The standard InChI is InChI=1S/C19H17NO2/c21-19(20-16-9-5-2-6-10-16)14-12-17-11-13-18(22-17)15-7-3-1-4-8-15/h1-11,13H,12,14H2,(H,20,21). The molecule has 1 heterocycles. The molecule has 2 aromatic carbocycles. The van der Waals surface area contributed by atoms with Crippen LogP contribution in [0, 0.1) is 0 Å². The van der Waals surface area contributed by atoms with Gasteiger partial charge in [0.15, 0.2) is 0 Å². The number of carbonyl (C=O) groups is 1. The van der Waals surface area contributed by atoms with Gasteiger partial charge in [0.05, 0.1) is 0 Å². The van der Waals surface area contributed by atoms with Gasteiger partial charge in [-0.1, -0.05) is 48.5 Å². The van der Waals surface area contributed by atoms with E-state index in [0.29, 0.717) is 12.8 Å². The first-order valence-electron chi connectivity index (χ1n) is 7.30. The molecule has 0 bridgehead atoms. The number of benzene rings is 2. The number of rotatable bonds is 5. The zero-order valence-electron chi connectivity index (χ0n) is 12.2. The highest BCUT2D eigenvalue weighted by Crippen LogP contribution is 2.22. The van der Waals surface area contributed by atoms with Crippen molar-refractivity contribution in [3.05, 3.63) is 78.6 Å². The molecule has 3 heteroatoms. The Labute approximate surface area is 129 Å². The Morgan fingerprint density at radius 1 is 0.864 bits per heavy atom. The molecule has 110 valence electrons. The fourth-order valence-corrected chi connectivity index (χ4v) is 2.25. The molecule has 1 aromatic heterocycles. The van der Waals surface area contributed by atoms with Crippen LogP contribution in [-0.2, 0) is 11.2 Å². The van der Waals surface area contributed by atoms with Gasteiger partial charge in [0.25, 0.3) is 0 Å². The predicted molar refractivity (Wildman–Crippen MR) is 87.5 cm³/mol. The van der Waals surface area contributed by atoms with E-state index in [2.05, 4.69) is 5.32 Å². The third-order valence-corrected chi connectivity index (χ3v) is 3.38. The van der Waals surface area contributed by atoms with Crippen molar-refractivity contribution in [2.75, 3.05) is 5.32 Å². The smallest absolute Gasteiger partial charge is 0.224 e. The molecule has 3 nitrogen and oxygen atoms in total. The third-order valence-electron chi connectivity index (χ3n) is 3.38. The number of furan rings is 1. The van der Waals surface area contributed by atoms with E-state index in [1.165, 1.54) is 0 Å². The van der Waals surface area contributed by atoms with Crippen molar-refractivity contribution >= 4 is 11.6 Å². The van der Waals surface area contributed by atoms with Gasteiger partial charge in [0.1, 0.15) is 11.5 Å². The molecule has 22 heavy (non-hydrogen) atoms. The lowest BCUT2D eigenvalue weighted by Gasteiger charge is -2.03. The monoisotopic (exact) mass is 291 g/mol. The van der Waals surface area contributed by atoms with E-state index < -0.39 is 0 Å².